The lowest BCUT2D eigenvalue weighted by Crippen LogP contribution is -2.36. The van der Waals surface area contributed by atoms with E-state index in [1.54, 1.807) is 0 Å². The lowest BCUT2D eigenvalue weighted by atomic mass is 9.77. The highest BCUT2D eigenvalue weighted by Crippen LogP contribution is 2.37. The maximum Gasteiger partial charge on any atom is 0.221 e. The van der Waals surface area contributed by atoms with Crippen molar-refractivity contribution in [3.63, 3.8) is 0 Å². The molecule has 0 bridgehead atoms. The Kier molecular flexibility index (Phi) is 6.63. The van der Waals surface area contributed by atoms with Gasteiger partial charge in [0.15, 0.2) is 0 Å². The van der Waals surface area contributed by atoms with Crippen LogP contribution in [-0.4, -0.2) is 12.5 Å². The topological polar surface area (TPSA) is 55.1 Å². The van der Waals surface area contributed by atoms with Crippen LogP contribution in [0.3, 0.4) is 0 Å². The molecule has 3 N–H and O–H groups in total. The summed E-state index contributed by atoms with van der Waals surface area (Å²) in [4.78, 5) is 11.7. The maximum absolute atomic E-state index is 11.7. The Balaban J connectivity index is 0.00000180. The van der Waals surface area contributed by atoms with E-state index < -0.39 is 0 Å². The SMILES string of the molecule is Cl.NCCC(=O)NC(c1ccc(Cl)cc1)C1CCC1. The summed E-state index contributed by atoms with van der Waals surface area (Å²) in [5.74, 6) is 0.581. The van der Waals surface area contributed by atoms with Gasteiger partial charge >= 0.3 is 0 Å². The van der Waals surface area contributed by atoms with Crippen molar-refractivity contribution >= 4 is 29.9 Å². The third-order valence-corrected chi connectivity index (χ3v) is 3.79. The first-order valence-corrected chi connectivity index (χ1v) is 6.83. The highest BCUT2D eigenvalue weighted by atomic mass is 35.5. The molecule has 1 amide bonds. The molecule has 1 fully saturated rings. The number of carbonyl (C=O) groups excluding carboxylic acids is 1. The molecule has 1 saturated carbocycles. The average molecular weight is 303 g/mol. The molecular formula is C14H20Cl2N2O. The Morgan fingerprint density at radius 1 is 1.37 bits per heavy atom. The molecule has 0 spiro atoms. The first-order chi connectivity index (χ1) is 8.70. The Morgan fingerprint density at radius 2 is 2.00 bits per heavy atom. The minimum absolute atomic E-state index is 0. The van der Waals surface area contributed by atoms with Gasteiger partial charge < -0.3 is 11.1 Å². The predicted octanol–water partition coefficient (Wildman–Crippen LogP) is 3.07. The summed E-state index contributed by atoms with van der Waals surface area (Å²) in [6, 6.07) is 7.84. The number of amides is 1. The minimum atomic E-state index is 0. The lowest BCUT2D eigenvalue weighted by Gasteiger charge is -2.34. The summed E-state index contributed by atoms with van der Waals surface area (Å²) in [6.45, 7) is 0.393. The van der Waals surface area contributed by atoms with E-state index in [-0.39, 0.29) is 24.4 Å². The van der Waals surface area contributed by atoms with Gasteiger partial charge in [0, 0.05) is 18.0 Å². The van der Waals surface area contributed by atoms with Crippen molar-refractivity contribution in [2.75, 3.05) is 6.54 Å². The molecule has 5 heteroatoms. The number of hydrogen-bond acceptors (Lipinski definition) is 2. The van der Waals surface area contributed by atoms with Crippen molar-refractivity contribution in [2.24, 2.45) is 11.7 Å². The normalized spacial score (nSPS) is 16.1. The van der Waals surface area contributed by atoms with E-state index in [1.807, 2.05) is 24.3 Å². The van der Waals surface area contributed by atoms with Crippen molar-refractivity contribution in [2.45, 2.75) is 31.7 Å². The van der Waals surface area contributed by atoms with E-state index in [1.165, 1.54) is 19.3 Å². The standard InChI is InChI=1S/C14H19ClN2O.ClH/c15-12-6-4-11(5-7-12)14(10-2-1-3-10)17-13(18)8-9-16;/h4-7,10,14H,1-3,8-9,16H2,(H,17,18);1H. The van der Waals surface area contributed by atoms with Gasteiger partial charge in [0.1, 0.15) is 0 Å². The molecule has 1 atom stereocenters. The predicted molar refractivity (Wildman–Crippen MR) is 80.6 cm³/mol. The fourth-order valence-corrected chi connectivity index (χ4v) is 2.42. The van der Waals surface area contributed by atoms with E-state index in [0.717, 1.165) is 10.6 Å². The van der Waals surface area contributed by atoms with Crippen LogP contribution in [0.25, 0.3) is 0 Å². The second kappa shape index (κ2) is 7.73. The summed E-state index contributed by atoms with van der Waals surface area (Å²) in [5.41, 5.74) is 6.54. The largest absolute Gasteiger partial charge is 0.349 e. The summed E-state index contributed by atoms with van der Waals surface area (Å²) in [5, 5.41) is 3.82. The zero-order chi connectivity index (χ0) is 13.0. The molecule has 1 aliphatic rings. The fourth-order valence-electron chi connectivity index (χ4n) is 2.29. The van der Waals surface area contributed by atoms with Gasteiger partial charge in [-0.3, -0.25) is 4.79 Å². The van der Waals surface area contributed by atoms with E-state index in [9.17, 15) is 4.79 Å². The van der Waals surface area contributed by atoms with Crippen LogP contribution in [0.5, 0.6) is 0 Å². The van der Waals surface area contributed by atoms with Crippen LogP contribution in [0.4, 0.5) is 0 Å². The van der Waals surface area contributed by atoms with Crippen LogP contribution >= 0.6 is 24.0 Å². The first kappa shape index (κ1) is 16.3. The van der Waals surface area contributed by atoms with Crippen molar-refractivity contribution in [1.29, 1.82) is 0 Å². The summed E-state index contributed by atoms with van der Waals surface area (Å²) in [6.07, 6.45) is 3.99. The first-order valence-electron chi connectivity index (χ1n) is 6.45. The summed E-state index contributed by atoms with van der Waals surface area (Å²) >= 11 is 5.90. The van der Waals surface area contributed by atoms with Crippen molar-refractivity contribution in [1.82, 2.24) is 5.32 Å². The van der Waals surface area contributed by atoms with Crippen LogP contribution in [0.15, 0.2) is 24.3 Å². The quantitative estimate of drug-likeness (QED) is 0.878. The zero-order valence-electron chi connectivity index (χ0n) is 10.8. The van der Waals surface area contributed by atoms with Crippen molar-refractivity contribution < 1.29 is 4.79 Å². The van der Waals surface area contributed by atoms with E-state index in [2.05, 4.69) is 5.32 Å². The molecule has 1 aliphatic carbocycles. The van der Waals surface area contributed by atoms with Crippen LogP contribution in [0.1, 0.15) is 37.3 Å². The van der Waals surface area contributed by atoms with Gasteiger partial charge in [-0.1, -0.05) is 30.2 Å². The van der Waals surface area contributed by atoms with Crippen LogP contribution in [0, 0.1) is 5.92 Å². The van der Waals surface area contributed by atoms with Gasteiger partial charge in [0.05, 0.1) is 6.04 Å². The van der Waals surface area contributed by atoms with Crippen LogP contribution < -0.4 is 11.1 Å². The van der Waals surface area contributed by atoms with Gasteiger partial charge in [-0.15, -0.1) is 12.4 Å². The molecule has 19 heavy (non-hydrogen) atoms. The van der Waals surface area contributed by atoms with Gasteiger partial charge in [-0.25, -0.2) is 0 Å². The molecule has 0 radical (unpaired) electrons. The average Bonchev–Trinajstić information content (AvgIpc) is 2.27. The van der Waals surface area contributed by atoms with E-state index in [4.69, 9.17) is 17.3 Å². The molecule has 2 rings (SSSR count). The number of benzene rings is 1. The van der Waals surface area contributed by atoms with E-state index in [0.29, 0.717) is 18.9 Å². The van der Waals surface area contributed by atoms with Crippen molar-refractivity contribution in [3.8, 4) is 0 Å². The summed E-state index contributed by atoms with van der Waals surface area (Å²) < 4.78 is 0. The second-order valence-electron chi connectivity index (χ2n) is 4.83. The lowest BCUT2D eigenvalue weighted by molar-refractivity contribution is -0.122. The third-order valence-electron chi connectivity index (χ3n) is 3.54. The number of hydrogen-bond donors (Lipinski definition) is 2. The van der Waals surface area contributed by atoms with Gasteiger partial charge in [0.2, 0.25) is 5.91 Å². The highest BCUT2D eigenvalue weighted by Gasteiger charge is 2.29. The van der Waals surface area contributed by atoms with E-state index >= 15 is 0 Å². The third kappa shape index (κ3) is 4.37. The summed E-state index contributed by atoms with van der Waals surface area (Å²) in [7, 11) is 0. The molecule has 0 heterocycles. The molecule has 1 unspecified atom stereocenters. The smallest absolute Gasteiger partial charge is 0.221 e. The molecule has 1 aromatic rings. The van der Waals surface area contributed by atoms with Gasteiger partial charge in [-0.05, 0) is 36.5 Å². The number of rotatable bonds is 5. The number of nitrogens with one attached hydrogen (secondary N) is 1. The number of halogens is 2. The number of nitrogens with two attached hydrogens (primary N) is 1. The molecule has 3 nitrogen and oxygen atoms in total. The zero-order valence-corrected chi connectivity index (χ0v) is 12.3. The minimum Gasteiger partial charge on any atom is -0.349 e. The Labute approximate surface area is 125 Å². The maximum atomic E-state index is 11.7. The monoisotopic (exact) mass is 302 g/mol. The van der Waals surface area contributed by atoms with Gasteiger partial charge in [-0.2, -0.15) is 0 Å². The van der Waals surface area contributed by atoms with Crippen LogP contribution in [0.2, 0.25) is 5.02 Å². The number of carbonyl (C=O) groups is 1. The molecule has 0 saturated heterocycles. The molecular weight excluding hydrogens is 283 g/mol. The second-order valence-corrected chi connectivity index (χ2v) is 5.26. The molecule has 1 aromatic carbocycles. The Hall–Kier alpha value is -0.770. The highest BCUT2D eigenvalue weighted by molar-refractivity contribution is 6.30. The fraction of sp³-hybridized carbons (Fsp3) is 0.500. The molecule has 0 aromatic heterocycles. The van der Waals surface area contributed by atoms with Gasteiger partial charge in [0.25, 0.3) is 0 Å². The Morgan fingerprint density at radius 3 is 2.47 bits per heavy atom. The molecule has 106 valence electrons. The Bertz CT molecular complexity index is 404. The molecule has 0 aliphatic heterocycles. The van der Waals surface area contributed by atoms with Crippen LogP contribution in [-0.2, 0) is 4.79 Å². The van der Waals surface area contributed by atoms with Crippen molar-refractivity contribution in [3.05, 3.63) is 34.9 Å².